The van der Waals surface area contributed by atoms with Crippen molar-refractivity contribution in [1.29, 1.82) is 0 Å². The van der Waals surface area contributed by atoms with Crippen LogP contribution in [0.2, 0.25) is 0 Å². The summed E-state index contributed by atoms with van der Waals surface area (Å²) in [5, 5.41) is 6.25. The van der Waals surface area contributed by atoms with Crippen LogP contribution in [0.3, 0.4) is 0 Å². The minimum Gasteiger partial charge on any atom is -0.385 e. The maximum absolute atomic E-state index is 3.56. The molecular weight excluding hydrogens is 230 g/mol. The first kappa shape index (κ1) is 13.9. The molecule has 2 aromatic rings. The van der Waals surface area contributed by atoms with Crippen molar-refractivity contribution in [3.05, 3.63) is 42.0 Å². The molecule has 0 aliphatic rings. The Labute approximate surface area is 117 Å². The summed E-state index contributed by atoms with van der Waals surface area (Å²) in [4.78, 5) is 0. The highest BCUT2D eigenvalue weighted by Crippen LogP contribution is 2.28. The molecule has 0 amide bonds. The molecule has 0 aromatic heterocycles. The lowest BCUT2D eigenvalue weighted by Gasteiger charge is -2.14. The van der Waals surface area contributed by atoms with Gasteiger partial charge in [-0.05, 0) is 30.7 Å². The SMILES string of the molecule is CCCCCCc1ccc2ccccc2c1NCC. The molecule has 0 saturated carbocycles. The molecule has 0 spiro atoms. The molecule has 2 rings (SSSR count). The van der Waals surface area contributed by atoms with E-state index in [4.69, 9.17) is 0 Å². The summed E-state index contributed by atoms with van der Waals surface area (Å²) in [5.74, 6) is 0. The van der Waals surface area contributed by atoms with E-state index in [1.165, 1.54) is 54.1 Å². The zero-order chi connectivity index (χ0) is 13.5. The van der Waals surface area contributed by atoms with Crippen LogP contribution < -0.4 is 5.32 Å². The zero-order valence-electron chi connectivity index (χ0n) is 12.2. The fourth-order valence-corrected chi connectivity index (χ4v) is 2.65. The third kappa shape index (κ3) is 3.50. The van der Waals surface area contributed by atoms with Crippen molar-refractivity contribution in [1.82, 2.24) is 0 Å². The Morgan fingerprint density at radius 2 is 1.74 bits per heavy atom. The Bertz CT molecular complexity index is 516. The van der Waals surface area contributed by atoms with Crippen LogP contribution in [0.5, 0.6) is 0 Å². The van der Waals surface area contributed by atoms with E-state index < -0.39 is 0 Å². The molecule has 1 N–H and O–H groups in total. The summed E-state index contributed by atoms with van der Waals surface area (Å²) in [6, 6.07) is 13.2. The fourth-order valence-electron chi connectivity index (χ4n) is 2.65. The van der Waals surface area contributed by atoms with Crippen molar-refractivity contribution in [2.45, 2.75) is 46.0 Å². The lowest BCUT2D eigenvalue weighted by Crippen LogP contribution is -2.02. The number of aryl methyl sites for hydroxylation is 1. The predicted molar refractivity (Wildman–Crippen MR) is 86.0 cm³/mol. The molecule has 0 saturated heterocycles. The van der Waals surface area contributed by atoms with Crippen molar-refractivity contribution >= 4 is 16.5 Å². The van der Waals surface area contributed by atoms with Crippen LogP contribution in [-0.4, -0.2) is 6.54 Å². The molecule has 19 heavy (non-hydrogen) atoms. The van der Waals surface area contributed by atoms with Gasteiger partial charge in [0.05, 0.1) is 0 Å². The largest absolute Gasteiger partial charge is 0.385 e. The summed E-state index contributed by atoms with van der Waals surface area (Å²) in [6.45, 7) is 5.42. The van der Waals surface area contributed by atoms with E-state index in [9.17, 15) is 0 Å². The third-order valence-electron chi connectivity index (χ3n) is 3.67. The maximum Gasteiger partial charge on any atom is 0.0452 e. The third-order valence-corrected chi connectivity index (χ3v) is 3.67. The second-order valence-corrected chi connectivity index (χ2v) is 5.16. The number of hydrogen-bond donors (Lipinski definition) is 1. The van der Waals surface area contributed by atoms with Crippen LogP contribution in [-0.2, 0) is 6.42 Å². The van der Waals surface area contributed by atoms with Gasteiger partial charge < -0.3 is 5.32 Å². The molecule has 0 heterocycles. The van der Waals surface area contributed by atoms with Crippen molar-refractivity contribution in [2.75, 3.05) is 11.9 Å². The molecule has 0 atom stereocenters. The lowest BCUT2D eigenvalue weighted by molar-refractivity contribution is 0.667. The van der Waals surface area contributed by atoms with E-state index in [0.29, 0.717) is 0 Å². The van der Waals surface area contributed by atoms with Crippen molar-refractivity contribution in [3.8, 4) is 0 Å². The number of hydrogen-bond acceptors (Lipinski definition) is 1. The van der Waals surface area contributed by atoms with Crippen molar-refractivity contribution in [2.24, 2.45) is 0 Å². The normalized spacial score (nSPS) is 10.8. The molecule has 1 nitrogen and oxygen atoms in total. The predicted octanol–water partition coefficient (Wildman–Crippen LogP) is 5.39. The summed E-state index contributed by atoms with van der Waals surface area (Å²) in [7, 11) is 0. The van der Waals surface area contributed by atoms with Crippen LogP contribution in [0.4, 0.5) is 5.69 Å². The standard InChI is InChI=1S/C18H25N/c1-3-5-6-7-11-16-14-13-15-10-8-9-12-17(15)18(16)19-4-2/h8-10,12-14,19H,3-7,11H2,1-2H3. The average molecular weight is 255 g/mol. The van der Waals surface area contributed by atoms with Crippen LogP contribution in [0, 0.1) is 0 Å². The average Bonchev–Trinajstić information content (AvgIpc) is 2.45. The minimum atomic E-state index is 0.982. The van der Waals surface area contributed by atoms with Gasteiger partial charge in [0.15, 0.2) is 0 Å². The molecule has 2 aromatic carbocycles. The van der Waals surface area contributed by atoms with E-state index in [2.05, 4.69) is 55.6 Å². The Morgan fingerprint density at radius 1 is 0.895 bits per heavy atom. The first-order chi connectivity index (χ1) is 9.36. The highest BCUT2D eigenvalue weighted by molar-refractivity contribution is 5.95. The van der Waals surface area contributed by atoms with Gasteiger partial charge in [-0.2, -0.15) is 0 Å². The summed E-state index contributed by atoms with van der Waals surface area (Å²) >= 11 is 0. The monoisotopic (exact) mass is 255 g/mol. The van der Waals surface area contributed by atoms with E-state index in [1.54, 1.807) is 0 Å². The van der Waals surface area contributed by atoms with E-state index in [1.807, 2.05) is 0 Å². The number of unbranched alkanes of at least 4 members (excludes halogenated alkanes) is 3. The summed E-state index contributed by atoms with van der Waals surface area (Å²) < 4.78 is 0. The van der Waals surface area contributed by atoms with E-state index in [0.717, 1.165) is 6.54 Å². The Kier molecular flexibility index (Phi) is 5.26. The summed E-state index contributed by atoms with van der Waals surface area (Å²) in [6.07, 6.45) is 6.48. The van der Waals surface area contributed by atoms with Crippen LogP contribution >= 0.6 is 0 Å². The van der Waals surface area contributed by atoms with Crippen LogP contribution in [0.25, 0.3) is 10.8 Å². The van der Waals surface area contributed by atoms with Gasteiger partial charge in [-0.15, -0.1) is 0 Å². The minimum absolute atomic E-state index is 0.982. The Morgan fingerprint density at radius 3 is 2.53 bits per heavy atom. The van der Waals surface area contributed by atoms with Gasteiger partial charge in [-0.25, -0.2) is 0 Å². The first-order valence-corrected chi connectivity index (χ1v) is 7.61. The second kappa shape index (κ2) is 7.18. The van der Waals surface area contributed by atoms with Gasteiger partial charge in [-0.3, -0.25) is 0 Å². The van der Waals surface area contributed by atoms with Crippen molar-refractivity contribution < 1.29 is 0 Å². The van der Waals surface area contributed by atoms with Crippen LogP contribution in [0.1, 0.15) is 45.1 Å². The van der Waals surface area contributed by atoms with Gasteiger partial charge in [0.1, 0.15) is 0 Å². The van der Waals surface area contributed by atoms with Gasteiger partial charge in [0, 0.05) is 17.6 Å². The van der Waals surface area contributed by atoms with Crippen molar-refractivity contribution in [3.63, 3.8) is 0 Å². The number of anilines is 1. The van der Waals surface area contributed by atoms with E-state index >= 15 is 0 Å². The van der Waals surface area contributed by atoms with Gasteiger partial charge in [0.25, 0.3) is 0 Å². The number of nitrogens with one attached hydrogen (secondary N) is 1. The molecule has 0 aliphatic heterocycles. The molecule has 0 bridgehead atoms. The zero-order valence-corrected chi connectivity index (χ0v) is 12.2. The quantitative estimate of drug-likeness (QED) is 0.654. The molecule has 0 aliphatic carbocycles. The van der Waals surface area contributed by atoms with Gasteiger partial charge in [0.2, 0.25) is 0 Å². The van der Waals surface area contributed by atoms with Gasteiger partial charge in [-0.1, -0.05) is 62.6 Å². The number of rotatable bonds is 7. The lowest BCUT2D eigenvalue weighted by atomic mass is 9.99. The summed E-state index contributed by atoms with van der Waals surface area (Å²) in [5.41, 5.74) is 2.81. The molecule has 1 heteroatoms. The maximum atomic E-state index is 3.56. The highest BCUT2D eigenvalue weighted by Gasteiger charge is 2.06. The Hall–Kier alpha value is -1.50. The number of fused-ring (bicyclic) bond motifs is 1. The molecule has 102 valence electrons. The topological polar surface area (TPSA) is 12.0 Å². The molecular formula is C18H25N. The first-order valence-electron chi connectivity index (χ1n) is 7.61. The van der Waals surface area contributed by atoms with Gasteiger partial charge >= 0.3 is 0 Å². The highest BCUT2D eigenvalue weighted by atomic mass is 14.9. The second-order valence-electron chi connectivity index (χ2n) is 5.16. The molecule has 0 radical (unpaired) electrons. The Balaban J connectivity index is 2.24. The number of benzene rings is 2. The fraction of sp³-hybridized carbons (Fsp3) is 0.444. The van der Waals surface area contributed by atoms with Crippen LogP contribution in [0.15, 0.2) is 36.4 Å². The van der Waals surface area contributed by atoms with E-state index in [-0.39, 0.29) is 0 Å². The molecule has 0 fully saturated rings. The smallest absolute Gasteiger partial charge is 0.0452 e. The molecule has 0 unspecified atom stereocenters.